The van der Waals surface area contributed by atoms with Gasteiger partial charge in [0.15, 0.2) is 11.6 Å². The van der Waals surface area contributed by atoms with Crippen molar-refractivity contribution < 1.29 is 17.6 Å². The lowest BCUT2D eigenvalue weighted by atomic mass is 10.2. The fourth-order valence-corrected chi connectivity index (χ4v) is 4.46. The van der Waals surface area contributed by atoms with Gasteiger partial charge >= 0.3 is 0 Å². The van der Waals surface area contributed by atoms with Gasteiger partial charge in [0.2, 0.25) is 21.9 Å². The SMILES string of the molecule is N#CCN1C(=O)CSc2ccc(Nc3nc(Nc4ccc(S(N)(=O)=O)cc4)ncc3F)cc21. The summed E-state index contributed by atoms with van der Waals surface area (Å²) in [6.07, 6.45) is 0.982. The number of nitriles is 1. The smallest absolute Gasteiger partial charge is 0.238 e. The molecule has 4 rings (SSSR count). The van der Waals surface area contributed by atoms with Gasteiger partial charge in [0, 0.05) is 16.3 Å². The van der Waals surface area contributed by atoms with Crippen LogP contribution in [0.2, 0.25) is 0 Å². The number of hydrogen-bond acceptors (Lipinski definition) is 9. The van der Waals surface area contributed by atoms with Crippen molar-refractivity contribution in [3.63, 3.8) is 0 Å². The molecule has 1 amide bonds. The van der Waals surface area contributed by atoms with E-state index in [1.54, 1.807) is 18.2 Å². The second-order valence-electron chi connectivity index (χ2n) is 6.82. The van der Waals surface area contributed by atoms with E-state index in [9.17, 15) is 17.6 Å². The maximum absolute atomic E-state index is 14.4. The van der Waals surface area contributed by atoms with Gasteiger partial charge in [-0.05, 0) is 42.5 Å². The van der Waals surface area contributed by atoms with Gasteiger partial charge in [-0.1, -0.05) is 0 Å². The topological polar surface area (TPSA) is 154 Å². The molecular weight excluding hydrogens is 469 g/mol. The maximum Gasteiger partial charge on any atom is 0.238 e. The van der Waals surface area contributed by atoms with Gasteiger partial charge in [-0.25, -0.2) is 22.9 Å². The Morgan fingerprint density at radius 1 is 1.18 bits per heavy atom. The molecule has 0 atom stereocenters. The first-order valence-electron chi connectivity index (χ1n) is 9.38. The molecule has 1 aromatic heterocycles. The quantitative estimate of drug-likeness (QED) is 0.447. The van der Waals surface area contributed by atoms with Crippen molar-refractivity contribution in [3.8, 4) is 6.07 Å². The molecule has 2 heterocycles. The molecule has 0 fully saturated rings. The molecule has 0 saturated carbocycles. The number of nitrogens with one attached hydrogen (secondary N) is 2. The number of amides is 1. The molecule has 1 aliphatic rings. The van der Waals surface area contributed by atoms with E-state index in [1.807, 2.05) is 6.07 Å². The number of benzene rings is 2. The highest BCUT2D eigenvalue weighted by Crippen LogP contribution is 2.37. The van der Waals surface area contributed by atoms with Crippen LogP contribution in [0, 0.1) is 17.1 Å². The normalized spacial score (nSPS) is 13.2. The van der Waals surface area contributed by atoms with Crippen LogP contribution in [0.4, 0.5) is 33.2 Å². The molecule has 2 aromatic carbocycles. The number of halogens is 1. The number of anilines is 5. The zero-order valence-corrected chi connectivity index (χ0v) is 18.5. The first-order chi connectivity index (χ1) is 15.7. The number of aromatic nitrogens is 2. The van der Waals surface area contributed by atoms with Crippen molar-refractivity contribution in [2.75, 3.05) is 27.8 Å². The Balaban J connectivity index is 1.57. The van der Waals surface area contributed by atoms with Crippen LogP contribution in [0.15, 0.2) is 58.5 Å². The maximum atomic E-state index is 14.4. The van der Waals surface area contributed by atoms with E-state index < -0.39 is 15.8 Å². The van der Waals surface area contributed by atoms with Crippen LogP contribution < -0.4 is 20.7 Å². The van der Waals surface area contributed by atoms with E-state index in [0.717, 1.165) is 11.1 Å². The lowest BCUT2D eigenvalue weighted by Gasteiger charge is -2.27. The number of carbonyl (C=O) groups is 1. The molecule has 13 heteroatoms. The number of rotatable bonds is 6. The average molecular weight is 486 g/mol. The summed E-state index contributed by atoms with van der Waals surface area (Å²) in [7, 11) is -3.82. The van der Waals surface area contributed by atoms with Crippen LogP contribution in [0.25, 0.3) is 0 Å². The Morgan fingerprint density at radius 3 is 2.61 bits per heavy atom. The summed E-state index contributed by atoms with van der Waals surface area (Å²) >= 11 is 1.37. The minimum atomic E-state index is -3.82. The summed E-state index contributed by atoms with van der Waals surface area (Å²) in [5.41, 5.74) is 1.50. The van der Waals surface area contributed by atoms with Crippen molar-refractivity contribution >= 4 is 56.5 Å². The van der Waals surface area contributed by atoms with Crippen LogP contribution >= 0.6 is 11.8 Å². The molecule has 0 saturated heterocycles. The van der Waals surface area contributed by atoms with Crippen molar-refractivity contribution in [2.24, 2.45) is 5.14 Å². The molecule has 1 aliphatic heterocycles. The Hall–Kier alpha value is -3.73. The van der Waals surface area contributed by atoms with E-state index in [0.29, 0.717) is 17.1 Å². The third kappa shape index (κ3) is 5.03. The molecule has 0 unspecified atom stereocenters. The highest BCUT2D eigenvalue weighted by molar-refractivity contribution is 8.00. The second kappa shape index (κ2) is 9.02. The molecule has 4 N–H and O–H groups in total. The Kier molecular flexibility index (Phi) is 6.14. The third-order valence-electron chi connectivity index (χ3n) is 4.58. The lowest BCUT2D eigenvalue weighted by Crippen LogP contribution is -2.35. The number of hydrogen-bond donors (Lipinski definition) is 3. The highest BCUT2D eigenvalue weighted by atomic mass is 32.2. The number of thioether (sulfide) groups is 1. The number of carbonyl (C=O) groups excluding carboxylic acids is 1. The number of primary sulfonamides is 1. The van der Waals surface area contributed by atoms with Gasteiger partial charge in [0.25, 0.3) is 0 Å². The number of nitrogens with zero attached hydrogens (tertiary/aromatic N) is 4. The average Bonchev–Trinajstić information content (AvgIpc) is 2.78. The molecule has 33 heavy (non-hydrogen) atoms. The fraction of sp³-hybridized carbons (Fsp3) is 0.100. The summed E-state index contributed by atoms with van der Waals surface area (Å²) in [5, 5.41) is 19.8. The summed E-state index contributed by atoms with van der Waals surface area (Å²) in [6.45, 7) is -0.0873. The molecule has 0 aliphatic carbocycles. The summed E-state index contributed by atoms with van der Waals surface area (Å²) in [6, 6.07) is 12.7. The molecule has 0 spiro atoms. The molecule has 10 nitrogen and oxygen atoms in total. The fourth-order valence-electron chi connectivity index (χ4n) is 3.03. The minimum absolute atomic E-state index is 0.0510. The molecule has 0 bridgehead atoms. The van der Waals surface area contributed by atoms with Crippen molar-refractivity contribution in [2.45, 2.75) is 9.79 Å². The van der Waals surface area contributed by atoms with E-state index in [4.69, 9.17) is 10.4 Å². The van der Waals surface area contributed by atoms with Crippen LogP contribution in [-0.2, 0) is 14.8 Å². The lowest BCUT2D eigenvalue weighted by molar-refractivity contribution is -0.116. The van der Waals surface area contributed by atoms with Crippen LogP contribution in [0.5, 0.6) is 0 Å². The van der Waals surface area contributed by atoms with E-state index >= 15 is 0 Å². The third-order valence-corrected chi connectivity index (χ3v) is 6.55. The van der Waals surface area contributed by atoms with Crippen molar-refractivity contribution in [1.82, 2.24) is 9.97 Å². The first-order valence-corrected chi connectivity index (χ1v) is 11.9. The minimum Gasteiger partial charge on any atom is -0.338 e. The number of sulfonamides is 1. The molecule has 3 aromatic rings. The Labute approximate surface area is 192 Å². The predicted octanol–water partition coefficient (Wildman–Crippen LogP) is 2.71. The van der Waals surface area contributed by atoms with Gasteiger partial charge in [-0.15, -0.1) is 11.8 Å². The van der Waals surface area contributed by atoms with E-state index in [2.05, 4.69) is 20.6 Å². The largest absolute Gasteiger partial charge is 0.338 e. The van der Waals surface area contributed by atoms with Gasteiger partial charge in [0.05, 0.1) is 28.6 Å². The molecular formula is C20H16FN7O3S2. The molecule has 0 radical (unpaired) electrons. The number of nitrogens with two attached hydrogens (primary N) is 1. The summed E-state index contributed by atoms with van der Waals surface area (Å²) in [4.78, 5) is 22.4. The van der Waals surface area contributed by atoms with Crippen LogP contribution in [0.1, 0.15) is 0 Å². The van der Waals surface area contributed by atoms with Gasteiger partial charge < -0.3 is 10.6 Å². The van der Waals surface area contributed by atoms with Crippen molar-refractivity contribution in [1.29, 1.82) is 5.26 Å². The zero-order valence-electron chi connectivity index (χ0n) is 16.8. The number of fused-ring (bicyclic) bond motifs is 1. The van der Waals surface area contributed by atoms with E-state index in [-0.39, 0.29) is 34.9 Å². The van der Waals surface area contributed by atoms with Crippen LogP contribution in [-0.4, -0.2) is 36.6 Å². The van der Waals surface area contributed by atoms with Gasteiger partial charge in [-0.3, -0.25) is 9.69 Å². The second-order valence-corrected chi connectivity index (χ2v) is 9.40. The Bertz CT molecular complexity index is 1380. The predicted molar refractivity (Wildman–Crippen MR) is 122 cm³/mol. The summed E-state index contributed by atoms with van der Waals surface area (Å²) in [5.74, 6) is -0.691. The van der Waals surface area contributed by atoms with Gasteiger partial charge in [-0.2, -0.15) is 10.2 Å². The zero-order chi connectivity index (χ0) is 23.6. The monoisotopic (exact) mass is 485 g/mol. The van der Waals surface area contributed by atoms with E-state index in [1.165, 1.54) is 40.9 Å². The van der Waals surface area contributed by atoms with Crippen molar-refractivity contribution in [3.05, 3.63) is 54.5 Å². The first kappa shape index (κ1) is 22.5. The standard InChI is InChI=1S/C20H16FN7O3S2/c21-15-10-24-20(26-12-1-4-14(5-2-12)33(23,30)31)27-19(15)25-13-3-6-17-16(9-13)28(8-7-22)18(29)11-32-17/h1-6,9-10H,8,11H2,(H2,23,30,31)(H2,24,25,26,27). The van der Waals surface area contributed by atoms with Crippen LogP contribution in [0.3, 0.4) is 0 Å². The summed E-state index contributed by atoms with van der Waals surface area (Å²) < 4.78 is 37.1. The van der Waals surface area contributed by atoms with Gasteiger partial charge in [0.1, 0.15) is 6.54 Å². The Morgan fingerprint density at radius 2 is 1.91 bits per heavy atom. The molecule has 168 valence electrons. The highest BCUT2D eigenvalue weighted by Gasteiger charge is 2.25.